The number of anilines is 1. The molecule has 0 saturated heterocycles. The highest BCUT2D eigenvalue weighted by molar-refractivity contribution is 5.81. The van der Waals surface area contributed by atoms with E-state index in [1.807, 2.05) is 34.9 Å². The van der Waals surface area contributed by atoms with Gasteiger partial charge in [-0.2, -0.15) is 0 Å². The summed E-state index contributed by atoms with van der Waals surface area (Å²) < 4.78 is 7.81. The number of aryl methyl sites for hydroxylation is 2. The number of benzene rings is 2. The van der Waals surface area contributed by atoms with Crippen LogP contribution in [0, 0.1) is 13.8 Å². The Balaban J connectivity index is 1.78. The van der Waals surface area contributed by atoms with Gasteiger partial charge in [0.25, 0.3) is 0 Å². The van der Waals surface area contributed by atoms with Gasteiger partial charge in [0, 0.05) is 0 Å². The molecular formula is C17H19N3O. The quantitative estimate of drug-likeness (QED) is 0.798. The Bertz CT molecular complexity index is 777. The van der Waals surface area contributed by atoms with Crippen LogP contribution in [-0.2, 0) is 6.54 Å². The molecular weight excluding hydrogens is 262 g/mol. The van der Waals surface area contributed by atoms with Gasteiger partial charge in [-0.3, -0.25) is 0 Å². The lowest BCUT2D eigenvalue weighted by Gasteiger charge is -2.10. The first kappa shape index (κ1) is 13.5. The van der Waals surface area contributed by atoms with Crippen molar-refractivity contribution < 1.29 is 4.74 Å². The molecule has 3 aromatic rings. The maximum absolute atomic E-state index is 6.02. The van der Waals surface area contributed by atoms with Gasteiger partial charge < -0.3 is 15.0 Å². The molecule has 3 rings (SSSR count). The van der Waals surface area contributed by atoms with Crippen molar-refractivity contribution in [2.75, 3.05) is 12.3 Å². The van der Waals surface area contributed by atoms with Crippen LogP contribution in [0.3, 0.4) is 0 Å². The second-order valence-electron chi connectivity index (χ2n) is 5.23. The molecule has 0 aliphatic rings. The first-order valence-corrected chi connectivity index (χ1v) is 7.06. The standard InChI is InChI=1S/C17H19N3O/c1-12-5-3-7-14(11-12)21-10-9-20-16-13(2)6-4-8-15(16)19-17(20)18/h3-8,11H,9-10H2,1-2H3,(H2,18,19). The zero-order chi connectivity index (χ0) is 14.8. The van der Waals surface area contributed by atoms with Crippen LogP contribution in [0.15, 0.2) is 42.5 Å². The van der Waals surface area contributed by atoms with Crippen molar-refractivity contribution in [2.24, 2.45) is 0 Å². The Morgan fingerprint density at radius 2 is 1.95 bits per heavy atom. The molecule has 0 aliphatic heterocycles. The van der Waals surface area contributed by atoms with E-state index in [1.54, 1.807) is 0 Å². The van der Waals surface area contributed by atoms with Crippen molar-refractivity contribution in [3.63, 3.8) is 0 Å². The maximum Gasteiger partial charge on any atom is 0.201 e. The summed E-state index contributed by atoms with van der Waals surface area (Å²) in [5, 5.41) is 0. The Morgan fingerprint density at radius 3 is 2.76 bits per heavy atom. The largest absolute Gasteiger partial charge is 0.492 e. The highest BCUT2D eigenvalue weighted by Crippen LogP contribution is 2.21. The molecule has 0 radical (unpaired) electrons. The molecule has 4 nitrogen and oxygen atoms in total. The van der Waals surface area contributed by atoms with E-state index in [9.17, 15) is 0 Å². The Morgan fingerprint density at radius 1 is 1.14 bits per heavy atom. The van der Waals surface area contributed by atoms with Crippen molar-refractivity contribution in [3.05, 3.63) is 53.6 Å². The molecule has 4 heteroatoms. The Hall–Kier alpha value is -2.49. The lowest BCUT2D eigenvalue weighted by Crippen LogP contribution is -2.11. The number of imidazole rings is 1. The smallest absolute Gasteiger partial charge is 0.201 e. The van der Waals surface area contributed by atoms with E-state index in [0.29, 0.717) is 19.1 Å². The molecule has 0 amide bonds. The summed E-state index contributed by atoms with van der Waals surface area (Å²) in [6.45, 7) is 5.37. The van der Waals surface area contributed by atoms with Gasteiger partial charge >= 0.3 is 0 Å². The van der Waals surface area contributed by atoms with Crippen molar-refractivity contribution >= 4 is 17.0 Å². The van der Waals surface area contributed by atoms with Crippen LogP contribution in [-0.4, -0.2) is 16.2 Å². The molecule has 1 aromatic heterocycles. The second-order valence-corrected chi connectivity index (χ2v) is 5.23. The van der Waals surface area contributed by atoms with E-state index in [2.05, 4.69) is 31.0 Å². The van der Waals surface area contributed by atoms with Gasteiger partial charge in [0.15, 0.2) is 0 Å². The van der Waals surface area contributed by atoms with Gasteiger partial charge in [0.1, 0.15) is 12.4 Å². The molecule has 0 fully saturated rings. The molecule has 0 saturated carbocycles. The molecule has 21 heavy (non-hydrogen) atoms. The predicted molar refractivity (Wildman–Crippen MR) is 85.6 cm³/mol. The number of nitrogens with two attached hydrogens (primary N) is 1. The average molecular weight is 281 g/mol. The monoisotopic (exact) mass is 281 g/mol. The number of fused-ring (bicyclic) bond motifs is 1. The number of ether oxygens (including phenoxy) is 1. The predicted octanol–water partition coefficient (Wildman–Crippen LogP) is 3.31. The Labute approximate surface area is 124 Å². The van der Waals surface area contributed by atoms with Gasteiger partial charge in [-0.25, -0.2) is 4.98 Å². The number of para-hydroxylation sites is 1. The number of nitrogens with zero attached hydrogens (tertiary/aromatic N) is 2. The van der Waals surface area contributed by atoms with E-state index in [0.717, 1.165) is 16.8 Å². The van der Waals surface area contributed by atoms with Crippen LogP contribution < -0.4 is 10.5 Å². The lowest BCUT2D eigenvalue weighted by molar-refractivity contribution is 0.301. The van der Waals surface area contributed by atoms with Crippen LogP contribution in [0.5, 0.6) is 5.75 Å². The number of hydrogen-bond donors (Lipinski definition) is 1. The highest BCUT2D eigenvalue weighted by Gasteiger charge is 2.09. The third-order valence-electron chi connectivity index (χ3n) is 3.57. The summed E-state index contributed by atoms with van der Waals surface area (Å²) in [5.74, 6) is 1.42. The summed E-state index contributed by atoms with van der Waals surface area (Å²) in [6, 6.07) is 14.1. The fraction of sp³-hybridized carbons (Fsp3) is 0.235. The van der Waals surface area contributed by atoms with E-state index in [-0.39, 0.29) is 0 Å². The van der Waals surface area contributed by atoms with Crippen molar-refractivity contribution in [2.45, 2.75) is 20.4 Å². The zero-order valence-electron chi connectivity index (χ0n) is 12.3. The molecule has 0 atom stereocenters. The highest BCUT2D eigenvalue weighted by atomic mass is 16.5. The third kappa shape index (κ3) is 2.70. The van der Waals surface area contributed by atoms with E-state index >= 15 is 0 Å². The van der Waals surface area contributed by atoms with Gasteiger partial charge in [-0.05, 0) is 43.2 Å². The van der Waals surface area contributed by atoms with Crippen molar-refractivity contribution in [1.82, 2.24) is 9.55 Å². The van der Waals surface area contributed by atoms with Gasteiger partial charge in [-0.1, -0.05) is 24.3 Å². The zero-order valence-corrected chi connectivity index (χ0v) is 12.3. The normalized spacial score (nSPS) is 11.0. The van der Waals surface area contributed by atoms with Gasteiger partial charge in [0.2, 0.25) is 5.95 Å². The molecule has 2 N–H and O–H groups in total. The van der Waals surface area contributed by atoms with Crippen LogP contribution >= 0.6 is 0 Å². The molecule has 108 valence electrons. The molecule has 0 unspecified atom stereocenters. The number of aromatic nitrogens is 2. The number of hydrogen-bond acceptors (Lipinski definition) is 3. The van der Waals surface area contributed by atoms with Crippen molar-refractivity contribution in [3.8, 4) is 5.75 Å². The second kappa shape index (κ2) is 5.48. The maximum atomic E-state index is 6.02. The lowest BCUT2D eigenvalue weighted by atomic mass is 10.2. The molecule has 0 aliphatic carbocycles. The van der Waals surface area contributed by atoms with Crippen LogP contribution in [0.1, 0.15) is 11.1 Å². The number of rotatable bonds is 4. The minimum atomic E-state index is 0.534. The molecule has 0 bridgehead atoms. The summed E-state index contributed by atoms with van der Waals surface area (Å²) in [4.78, 5) is 4.40. The topological polar surface area (TPSA) is 53.1 Å². The van der Waals surface area contributed by atoms with Crippen LogP contribution in [0.4, 0.5) is 5.95 Å². The minimum absolute atomic E-state index is 0.534. The third-order valence-corrected chi connectivity index (χ3v) is 3.57. The van der Waals surface area contributed by atoms with Gasteiger partial charge in [-0.15, -0.1) is 0 Å². The Kier molecular flexibility index (Phi) is 3.52. The van der Waals surface area contributed by atoms with E-state index < -0.39 is 0 Å². The van der Waals surface area contributed by atoms with E-state index in [1.165, 1.54) is 11.1 Å². The number of nitrogen functional groups attached to an aromatic ring is 1. The molecule has 2 aromatic carbocycles. The fourth-order valence-corrected chi connectivity index (χ4v) is 2.57. The van der Waals surface area contributed by atoms with E-state index in [4.69, 9.17) is 10.5 Å². The summed E-state index contributed by atoms with van der Waals surface area (Å²) in [5.41, 5.74) is 10.4. The van der Waals surface area contributed by atoms with Crippen molar-refractivity contribution in [1.29, 1.82) is 0 Å². The van der Waals surface area contributed by atoms with Crippen LogP contribution in [0.2, 0.25) is 0 Å². The van der Waals surface area contributed by atoms with Crippen LogP contribution in [0.25, 0.3) is 11.0 Å². The average Bonchev–Trinajstić information content (AvgIpc) is 2.76. The molecule has 0 spiro atoms. The fourth-order valence-electron chi connectivity index (χ4n) is 2.57. The minimum Gasteiger partial charge on any atom is -0.492 e. The molecule has 1 heterocycles. The summed E-state index contributed by atoms with van der Waals surface area (Å²) in [7, 11) is 0. The first-order chi connectivity index (χ1) is 10.1. The van der Waals surface area contributed by atoms with Gasteiger partial charge in [0.05, 0.1) is 17.6 Å². The SMILES string of the molecule is Cc1cccc(OCCn2c(N)nc3cccc(C)c32)c1. The summed E-state index contributed by atoms with van der Waals surface area (Å²) >= 11 is 0. The summed E-state index contributed by atoms with van der Waals surface area (Å²) in [6.07, 6.45) is 0. The first-order valence-electron chi connectivity index (χ1n) is 7.06.